The van der Waals surface area contributed by atoms with Crippen molar-refractivity contribution in [3.05, 3.63) is 78.0 Å². The first kappa shape index (κ1) is 19.6. The molecule has 1 atom stereocenters. The van der Waals surface area contributed by atoms with Crippen molar-refractivity contribution in [1.29, 1.82) is 0 Å². The van der Waals surface area contributed by atoms with E-state index >= 15 is 0 Å². The van der Waals surface area contributed by atoms with Crippen LogP contribution in [-0.2, 0) is 4.79 Å². The SMILES string of the molecule is NC(=O)NC(CC(=O)NNC(=O)c1cc(-c2ccccc2)n[nH]1)c1ccccc1. The average Bonchev–Trinajstić information content (AvgIpc) is 3.23. The van der Waals surface area contributed by atoms with Crippen molar-refractivity contribution in [2.45, 2.75) is 12.5 Å². The maximum absolute atomic E-state index is 12.2. The number of nitrogens with one attached hydrogen (secondary N) is 4. The fourth-order valence-corrected chi connectivity index (χ4v) is 2.73. The van der Waals surface area contributed by atoms with Gasteiger partial charge in [0.1, 0.15) is 5.69 Å². The van der Waals surface area contributed by atoms with Crippen molar-refractivity contribution in [2.24, 2.45) is 5.73 Å². The molecule has 6 N–H and O–H groups in total. The Kier molecular flexibility index (Phi) is 6.21. The van der Waals surface area contributed by atoms with E-state index in [0.717, 1.165) is 5.56 Å². The van der Waals surface area contributed by atoms with Gasteiger partial charge in [-0.25, -0.2) is 4.79 Å². The lowest BCUT2D eigenvalue weighted by Crippen LogP contribution is -2.44. The number of nitrogens with zero attached hydrogens (tertiary/aromatic N) is 1. The molecule has 0 bridgehead atoms. The molecule has 0 spiro atoms. The Morgan fingerprint density at radius 3 is 2.28 bits per heavy atom. The summed E-state index contributed by atoms with van der Waals surface area (Å²) < 4.78 is 0. The zero-order valence-corrected chi connectivity index (χ0v) is 15.4. The molecule has 0 radical (unpaired) electrons. The first-order chi connectivity index (χ1) is 14.0. The van der Waals surface area contributed by atoms with Crippen molar-refractivity contribution in [1.82, 2.24) is 26.4 Å². The fraction of sp³-hybridized carbons (Fsp3) is 0.100. The summed E-state index contributed by atoms with van der Waals surface area (Å²) in [5.41, 5.74) is 12.2. The summed E-state index contributed by atoms with van der Waals surface area (Å²) >= 11 is 0. The number of hydrazine groups is 1. The highest BCUT2D eigenvalue weighted by atomic mass is 16.2. The van der Waals surface area contributed by atoms with Gasteiger partial charge in [-0.1, -0.05) is 60.7 Å². The largest absolute Gasteiger partial charge is 0.352 e. The lowest BCUT2D eigenvalue weighted by molar-refractivity contribution is -0.122. The molecule has 0 aliphatic rings. The van der Waals surface area contributed by atoms with Crippen LogP contribution in [0.3, 0.4) is 0 Å². The molecule has 3 rings (SSSR count). The van der Waals surface area contributed by atoms with Crippen LogP contribution in [0.5, 0.6) is 0 Å². The molecule has 1 heterocycles. The highest BCUT2D eigenvalue weighted by Gasteiger charge is 2.18. The van der Waals surface area contributed by atoms with E-state index < -0.39 is 23.9 Å². The Morgan fingerprint density at radius 2 is 1.62 bits per heavy atom. The quantitative estimate of drug-likeness (QED) is 0.406. The van der Waals surface area contributed by atoms with Crippen molar-refractivity contribution >= 4 is 17.8 Å². The standard InChI is InChI=1S/C20H20N6O3/c21-20(29)22-15(13-7-3-1-4-8-13)12-18(27)25-26-19(28)17-11-16(23-24-17)14-9-5-2-6-10-14/h1-11,15H,12H2,(H,23,24)(H,25,27)(H,26,28)(H3,21,22,29). The molecule has 9 nitrogen and oxygen atoms in total. The highest BCUT2D eigenvalue weighted by molar-refractivity contribution is 5.94. The third-order valence-corrected chi connectivity index (χ3v) is 4.12. The number of hydrogen-bond donors (Lipinski definition) is 5. The number of rotatable bonds is 6. The number of benzene rings is 2. The Morgan fingerprint density at radius 1 is 0.966 bits per heavy atom. The van der Waals surface area contributed by atoms with E-state index in [0.29, 0.717) is 11.3 Å². The molecule has 4 amide bonds. The summed E-state index contributed by atoms with van der Waals surface area (Å²) in [4.78, 5) is 35.7. The van der Waals surface area contributed by atoms with Crippen molar-refractivity contribution < 1.29 is 14.4 Å². The van der Waals surface area contributed by atoms with Crippen LogP contribution in [0.1, 0.15) is 28.5 Å². The maximum atomic E-state index is 12.2. The summed E-state index contributed by atoms with van der Waals surface area (Å²) in [6, 6.07) is 18.5. The smallest absolute Gasteiger partial charge is 0.312 e. The molecule has 1 aromatic heterocycles. The lowest BCUT2D eigenvalue weighted by atomic mass is 10.0. The third kappa shape index (κ3) is 5.42. The van der Waals surface area contributed by atoms with Crippen LogP contribution in [0, 0.1) is 0 Å². The number of hydrogen-bond acceptors (Lipinski definition) is 4. The lowest BCUT2D eigenvalue weighted by Gasteiger charge is -2.17. The summed E-state index contributed by atoms with van der Waals surface area (Å²) in [6.45, 7) is 0. The minimum Gasteiger partial charge on any atom is -0.352 e. The van der Waals surface area contributed by atoms with Gasteiger partial charge >= 0.3 is 6.03 Å². The Hall–Kier alpha value is -4.14. The van der Waals surface area contributed by atoms with Crippen LogP contribution < -0.4 is 21.9 Å². The Labute approximate surface area is 166 Å². The predicted molar refractivity (Wildman–Crippen MR) is 106 cm³/mol. The van der Waals surface area contributed by atoms with Gasteiger partial charge < -0.3 is 11.1 Å². The van der Waals surface area contributed by atoms with Gasteiger partial charge in [-0.3, -0.25) is 25.5 Å². The summed E-state index contributed by atoms with van der Waals surface area (Å²) in [7, 11) is 0. The summed E-state index contributed by atoms with van der Waals surface area (Å²) in [6.07, 6.45) is -0.106. The first-order valence-corrected chi connectivity index (χ1v) is 8.84. The Balaban J connectivity index is 1.57. The zero-order chi connectivity index (χ0) is 20.6. The second-order valence-electron chi connectivity index (χ2n) is 6.21. The Bertz CT molecular complexity index is 988. The predicted octanol–water partition coefficient (Wildman–Crippen LogP) is 1.64. The van der Waals surface area contributed by atoms with Gasteiger partial charge in [-0.15, -0.1) is 0 Å². The van der Waals surface area contributed by atoms with Crippen molar-refractivity contribution in [2.75, 3.05) is 0 Å². The van der Waals surface area contributed by atoms with Gasteiger partial charge in [0.05, 0.1) is 18.2 Å². The number of aromatic nitrogens is 2. The minimum absolute atomic E-state index is 0.106. The van der Waals surface area contributed by atoms with Crippen LogP contribution in [0.15, 0.2) is 66.7 Å². The van der Waals surface area contributed by atoms with Crippen LogP contribution in [-0.4, -0.2) is 28.0 Å². The van der Waals surface area contributed by atoms with Crippen LogP contribution in [0.4, 0.5) is 4.79 Å². The number of nitrogens with two attached hydrogens (primary N) is 1. The molecule has 0 saturated heterocycles. The second-order valence-corrected chi connectivity index (χ2v) is 6.21. The van der Waals surface area contributed by atoms with E-state index in [1.165, 1.54) is 0 Å². The minimum atomic E-state index is -0.749. The molecular weight excluding hydrogens is 372 g/mol. The molecule has 3 aromatic rings. The number of primary amides is 1. The van der Waals surface area contributed by atoms with E-state index in [9.17, 15) is 14.4 Å². The molecule has 1 unspecified atom stereocenters. The van der Waals surface area contributed by atoms with Crippen LogP contribution in [0.2, 0.25) is 0 Å². The van der Waals surface area contributed by atoms with E-state index in [2.05, 4.69) is 26.4 Å². The monoisotopic (exact) mass is 392 g/mol. The van der Waals surface area contributed by atoms with Gasteiger partial charge in [0, 0.05) is 5.56 Å². The number of urea groups is 1. The number of carbonyl (C=O) groups excluding carboxylic acids is 3. The third-order valence-electron chi connectivity index (χ3n) is 4.12. The summed E-state index contributed by atoms with van der Waals surface area (Å²) in [5, 5.41) is 9.25. The molecule has 148 valence electrons. The van der Waals surface area contributed by atoms with Crippen molar-refractivity contribution in [3.8, 4) is 11.3 Å². The maximum Gasteiger partial charge on any atom is 0.312 e. The normalized spacial score (nSPS) is 11.3. The average molecular weight is 392 g/mol. The number of carbonyl (C=O) groups is 3. The second kappa shape index (κ2) is 9.18. The first-order valence-electron chi connectivity index (χ1n) is 8.84. The van der Waals surface area contributed by atoms with Crippen LogP contribution in [0.25, 0.3) is 11.3 Å². The van der Waals surface area contributed by atoms with Gasteiger partial charge in [-0.05, 0) is 11.6 Å². The van der Waals surface area contributed by atoms with Gasteiger partial charge in [0.2, 0.25) is 5.91 Å². The van der Waals surface area contributed by atoms with Gasteiger partial charge in [0.15, 0.2) is 0 Å². The summed E-state index contributed by atoms with van der Waals surface area (Å²) in [5.74, 6) is -1.05. The topological polar surface area (TPSA) is 142 Å². The number of amides is 4. The molecule has 9 heteroatoms. The molecule has 0 saturated carbocycles. The van der Waals surface area contributed by atoms with Gasteiger partial charge in [0.25, 0.3) is 5.91 Å². The van der Waals surface area contributed by atoms with Gasteiger partial charge in [-0.2, -0.15) is 5.10 Å². The number of aromatic amines is 1. The molecular formula is C20H20N6O3. The zero-order valence-electron chi connectivity index (χ0n) is 15.4. The molecule has 29 heavy (non-hydrogen) atoms. The molecule has 0 aliphatic carbocycles. The van der Waals surface area contributed by atoms with E-state index in [1.807, 2.05) is 36.4 Å². The molecule has 0 aliphatic heterocycles. The number of H-pyrrole nitrogens is 1. The van der Waals surface area contributed by atoms with Crippen molar-refractivity contribution in [3.63, 3.8) is 0 Å². The molecule has 0 fully saturated rings. The fourth-order valence-electron chi connectivity index (χ4n) is 2.73. The van der Waals surface area contributed by atoms with E-state index in [-0.39, 0.29) is 12.1 Å². The van der Waals surface area contributed by atoms with Crippen LogP contribution >= 0.6 is 0 Å². The van der Waals surface area contributed by atoms with E-state index in [1.54, 1.807) is 30.3 Å². The highest BCUT2D eigenvalue weighted by Crippen LogP contribution is 2.17. The molecule has 2 aromatic carbocycles. The van der Waals surface area contributed by atoms with E-state index in [4.69, 9.17) is 5.73 Å².